The van der Waals surface area contributed by atoms with E-state index in [2.05, 4.69) is 15.5 Å². The number of carbonyl (C=O) groups is 1. The molecule has 1 N–H and O–H groups in total. The first kappa shape index (κ1) is 19.5. The Bertz CT molecular complexity index is 935. The summed E-state index contributed by atoms with van der Waals surface area (Å²) >= 11 is 0. The number of amides is 1. The van der Waals surface area contributed by atoms with Gasteiger partial charge in [0.15, 0.2) is 23.0 Å². The second-order valence-electron chi connectivity index (χ2n) is 7.45. The van der Waals surface area contributed by atoms with E-state index in [4.69, 9.17) is 9.26 Å². The number of carbonyl (C=O) groups excluding carboxylic acids is 1. The smallest absolute Gasteiger partial charge is 0.273 e. The minimum Gasteiger partial charge on any atom is -0.488 e. The van der Waals surface area contributed by atoms with Gasteiger partial charge in [0, 0.05) is 24.0 Å². The molecule has 1 amide bonds. The number of rotatable bonds is 6. The van der Waals surface area contributed by atoms with Crippen LogP contribution >= 0.6 is 0 Å². The SMILES string of the molecule is CC(C)(C)C(COc1ccccc1F)NC(=O)c1cc(-c2cccnc2)on1. The van der Waals surface area contributed by atoms with Crippen LogP contribution in [0.2, 0.25) is 0 Å². The number of para-hydroxylation sites is 1. The number of ether oxygens (including phenoxy) is 1. The number of hydrogen-bond donors (Lipinski definition) is 1. The van der Waals surface area contributed by atoms with Gasteiger partial charge in [-0.05, 0) is 29.7 Å². The van der Waals surface area contributed by atoms with Gasteiger partial charge in [0.2, 0.25) is 0 Å². The fraction of sp³-hybridized carbons (Fsp3) is 0.286. The monoisotopic (exact) mass is 383 g/mol. The van der Waals surface area contributed by atoms with Gasteiger partial charge in [-0.3, -0.25) is 9.78 Å². The number of hydrogen-bond acceptors (Lipinski definition) is 5. The van der Waals surface area contributed by atoms with Gasteiger partial charge in [-0.2, -0.15) is 0 Å². The second kappa shape index (κ2) is 8.21. The van der Waals surface area contributed by atoms with Gasteiger partial charge < -0.3 is 14.6 Å². The second-order valence-corrected chi connectivity index (χ2v) is 7.45. The van der Waals surface area contributed by atoms with Crippen LogP contribution in [-0.2, 0) is 0 Å². The van der Waals surface area contributed by atoms with Gasteiger partial charge in [-0.15, -0.1) is 0 Å². The highest BCUT2D eigenvalue weighted by atomic mass is 19.1. The highest BCUT2D eigenvalue weighted by Gasteiger charge is 2.29. The predicted molar refractivity (Wildman–Crippen MR) is 102 cm³/mol. The van der Waals surface area contributed by atoms with Crippen LogP contribution in [0.25, 0.3) is 11.3 Å². The first-order valence-corrected chi connectivity index (χ1v) is 8.90. The van der Waals surface area contributed by atoms with Crippen LogP contribution in [0.5, 0.6) is 5.75 Å². The van der Waals surface area contributed by atoms with Crippen LogP contribution in [0, 0.1) is 11.2 Å². The molecule has 28 heavy (non-hydrogen) atoms. The Morgan fingerprint density at radius 2 is 2.04 bits per heavy atom. The third-order valence-electron chi connectivity index (χ3n) is 4.28. The molecule has 3 rings (SSSR count). The summed E-state index contributed by atoms with van der Waals surface area (Å²) in [5.41, 5.74) is 0.555. The summed E-state index contributed by atoms with van der Waals surface area (Å²) in [7, 11) is 0. The summed E-state index contributed by atoms with van der Waals surface area (Å²) in [5.74, 6) is -0.241. The molecule has 0 saturated heterocycles. The van der Waals surface area contributed by atoms with Crippen molar-refractivity contribution in [2.45, 2.75) is 26.8 Å². The molecule has 0 aliphatic heterocycles. The van der Waals surface area contributed by atoms with Crippen molar-refractivity contribution in [2.24, 2.45) is 5.41 Å². The van der Waals surface area contributed by atoms with E-state index in [1.165, 1.54) is 6.07 Å². The van der Waals surface area contributed by atoms with Gasteiger partial charge in [-0.1, -0.05) is 38.1 Å². The van der Waals surface area contributed by atoms with Gasteiger partial charge in [0.25, 0.3) is 5.91 Å². The summed E-state index contributed by atoms with van der Waals surface area (Å²) in [6.45, 7) is 6.01. The van der Waals surface area contributed by atoms with Crippen LogP contribution in [0.4, 0.5) is 4.39 Å². The van der Waals surface area contributed by atoms with Gasteiger partial charge in [0.05, 0.1) is 6.04 Å². The Labute approximate surface area is 162 Å². The highest BCUT2D eigenvalue weighted by Crippen LogP contribution is 2.23. The maximum absolute atomic E-state index is 13.8. The summed E-state index contributed by atoms with van der Waals surface area (Å²) < 4.78 is 24.6. The van der Waals surface area contributed by atoms with Crippen molar-refractivity contribution in [2.75, 3.05) is 6.61 Å². The quantitative estimate of drug-likeness (QED) is 0.693. The standard InChI is InChI=1S/C21H22FN3O3/c1-21(2,3)19(13-27-17-9-5-4-8-15(17)22)24-20(26)16-11-18(28-25-16)14-7-6-10-23-12-14/h4-12,19H,13H2,1-3H3,(H,24,26). The lowest BCUT2D eigenvalue weighted by Gasteiger charge is -2.31. The molecule has 0 bridgehead atoms. The Balaban J connectivity index is 1.70. The van der Waals surface area contributed by atoms with E-state index in [0.717, 1.165) is 5.56 Å². The topological polar surface area (TPSA) is 77.2 Å². The molecule has 7 heteroatoms. The number of nitrogens with one attached hydrogen (secondary N) is 1. The first-order valence-electron chi connectivity index (χ1n) is 8.90. The summed E-state index contributed by atoms with van der Waals surface area (Å²) in [4.78, 5) is 16.7. The number of benzene rings is 1. The Kier molecular flexibility index (Phi) is 5.73. The van der Waals surface area contributed by atoms with E-state index in [-0.39, 0.29) is 29.5 Å². The van der Waals surface area contributed by atoms with Crippen LogP contribution in [0.1, 0.15) is 31.3 Å². The maximum Gasteiger partial charge on any atom is 0.273 e. The van der Waals surface area contributed by atoms with Crippen molar-refractivity contribution in [1.29, 1.82) is 0 Å². The minimum atomic E-state index is -0.445. The minimum absolute atomic E-state index is 0.115. The molecule has 3 aromatic rings. The Morgan fingerprint density at radius 1 is 1.25 bits per heavy atom. The molecule has 0 saturated carbocycles. The molecule has 2 heterocycles. The largest absolute Gasteiger partial charge is 0.488 e. The fourth-order valence-electron chi connectivity index (χ4n) is 2.50. The molecule has 1 aromatic carbocycles. The molecule has 1 unspecified atom stereocenters. The van der Waals surface area contributed by atoms with Crippen LogP contribution in [0.3, 0.4) is 0 Å². The molecular formula is C21H22FN3O3. The zero-order valence-electron chi connectivity index (χ0n) is 16.0. The molecule has 0 aliphatic rings. The van der Waals surface area contributed by atoms with E-state index < -0.39 is 11.7 Å². The Morgan fingerprint density at radius 3 is 2.71 bits per heavy atom. The molecule has 0 fully saturated rings. The predicted octanol–water partition coefficient (Wildman–Crippen LogP) is 4.10. The lowest BCUT2D eigenvalue weighted by Crippen LogP contribution is -2.47. The maximum atomic E-state index is 13.8. The fourth-order valence-corrected chi connectivity index (χ4v) is 2.50. The van der Waals surface area contributed by atoms with Crippen molar-refractivity contribution in [3.8, 4) is 17.1 Å². The normalized spacial score (nSPS) is 12.4. The van der Waals surface area contributed by atoms with Crippen LogP contribution in [-0.4, -0.2) is 28.7 Å². The molecule has 0 aliphatic carbocycles. The molecular weight excluding hydrogens is 361 g/mol. The molecule has 2 aromatic heterocycles. The van der Waals surface area contributed by atoms with Gasteiger partial charge >= 0.3 is 0 Å². The van der Waals surface area contributed by atoms with E-state index in [9.17, 15) is 9.18 Å². The third-order valence-corrected chi connectivity index (χ3v) is 4.28. The zero-order chi connectivity index (χ0) is 20.1. The van der Waals surface area contributed by atoms with Crippen molar-refractivity contribution >= 4 is 5.91 Å². The van der Waals surface area contributed by atoms with E-state index in [0.29, 0.717) is 5.76 Å². The van der Waals surface area contributed by atoms with Gasteiger partial charge in [0.1, 0.15) is 6.61 Å². The third kappa shape index (κ3) is 4.73. The highest BCUT2D eigenvalue weighted by molar-refractivity contribution is 5.93. The number of halogens is 1. The van der Waals surface area contributed by atoms with Crippen molar-refractivity contribution in [3.05, 3.63) is 66.4 Å². The summed E-state index contributed by atoms with van der Waals surface area (Å²) in [6, 6.07) is 10.9. The van der Waals surface area contributed by atoms with E-state index >= 15 is 0 Å². The van der Waals surface area contributed by atoms with Crippen LogP contribution in [0.15, 0.2) is 59.4 Å². The zero-order valence-corrected chi connectivity index (χ0v) is 16.0. The first-order chi connectivity index (χ1) is 13.3. The van der Waals surface area contributed by atoms with Crippen LogP contribution < -0.4 is 10.1 Å². The lowest BCUT2D eigenvalue weighted by atomic mass is 9.87. The molecule has 0 spiro atoms. The number of pyridine rings is 1. The average molecular weight is 383 g/mol. The van der Waals surface area contributed by atoms with Gasteiger partial charge in [-0.25, -0.2) is 4.39 Å². The summed E-state index contributed by atoms with van der Waals surface area (Å²) in [5, 5.41) is 6.75. The van der Waals surface area contributed by atoms with E-state index in [1.807, 2.05) is 26.8 Å². The number of nitrogens with zero attached hydrogens (tertiary/aromatic N) is 2. The molecule has 6 nitrogen and oxygen atoms in total. The van der Waals surface area contributed by atoms with Crippen molar-refractivity contribution in [1.82, 2.24) is 15.5 Å². The van der Waals surface area contributed by atoms with E-state index in [1.54, 1.807) is 42.7 Å². The number of aromatic nitrogens is 2. The molecule has 146 valence electrons. The van der Waals surface area contributed by atoms with Crippen molar-refractivity contribution in [3.63, 3.8) is 0 Å². The molecule has 0 radical (unpaired) electrons. The Hall–Kier alpha value is -3.22. The molecule has 1 atom stereocenters. The van der Waals surface area contributed by atoms with Crippen molar-refractivity contribution < 1.29 is 18.4 Å². The lowest BCUT2D eigenvalue weighted by molar-refractivity contribution is 0.0851. The summed E-state index contributed by atoms with van der Waals surface area (Å²) in [6.07, 6.45) is 3.28. The average Bonchev–Trinajstić information content (AvgIpc) is 3.16.